The number of hydrogen-bond donors (Lipinski definition) is 1. The van der Waals surface area contributed by atoms with Crippen molar-refractivity contribution < 1.29 is 4.79 Å². The topological polar surface area (TPSA) is 47.9 Å². The monoisotopic (exact) mass is 488 g/mol. The van der Waals surface area contributed by atoms with Crippen molar-refractivity contribution >= 4 is 52.9 Å². The van der Waals surface area contributed by atoms with Gasteiger partial charge in [0, 0.05) is 54.2 Å². The van der Waals surface area contributed by atoms with Crippen LogP contribution in [0.4, 0.5) is 17.1 Å². The van der Waals surface area contributed by atoms with Crippen LogP contribution in [0.3, 0.4) is 0 Å². The summed E-state index contributed by atoms with van der Waals surface area (Å²) in [6.07, 6.45) is 6.13. The van der Waals surface area contributed by atoms with Crippen LogP contribution in [0.15, 0.2) is 81.5 Å². The SMILES string of the molecule is CSc1ccc(N2CCN(C(=O)c3ccc(NSc4cccc5c4N=CCC5)cc3)CC2)cc1. The molecule has 7 heteroatoms. The zero-order valence-corrected chi connectivity index (χ0v) is 20.9. The molecule has 1 fully saturated rings. The van der Waals surface area contributed by atoms with Crippen LogP contribution in [-0.4, -0.2) is 49.5 Å². The van der Waals surface area contributed by atoms with E-state index in [2.05, 4.69) is 63.3 Å². The number of aliphatic imine (C=N–C) groups is 1. The van der Waals surface area contributed by atoms with Gasteiger partial charge in [-0.25, -0.2) is 0 Å². The number of para-hydroxylation sites is 1. The summed E-state index contributed by atoms with van der Waals surface area (Å²) in [5.74, 6) is 0.100. The molecule has 0 aromatic heterocycles. The van der Waals surface area contributed by atoms with E-state index in [0.29, 0.717) is 0 Å². The minimum absolute atomic E-state index is 0.100. The Kier molecular flexibility index (Phi) is 7.11. The number of thioether (sulfide) groups is 1. The molecule has 174 valence electrons. The predicted octanol–water partition coefficient (Wildman–Crippen LogP) is 6.14. The Morgan fingerprint density at radius 3 is 2.44 bits per heavy atom. The van der Waals surface area contributed by atoms with Crippen LogP contribution in [0.2, 0.25) is 0 Å². The van der Waals surface area contributed by atoms with Crippen LogP contribution in [0.1, 0.15) is 22.3 Å². The minimum Gasteiger partial charge on any atom is -0.368 e. The first-order valence-electron chi connectivity index (χ1n) is 11.6. The average molecular weight is 489 g/mol. The minimum atomic E-state index is 0.100. The number of carbonyl (C=O) groups is 1. The molecule has 0 spiro atoms. The maximum Gasteiger partial charge on any atom is 0.253 e. The largest absolute Gasteiger partial charge is 0.368 e. The van der Waals surface area contributed by atoms with Gasteiger partial charge in [0.1, 0.15) is 0 Å². The van der Waals surface area contributed by atoms with Crippen molar-refractivity contribution in [2.75, 3.05) is 42.1 Å². The normalized spacial score (nSPS) is 15.2. The van der Waals surface area contributed by atoms with Gasteiger partial charge in [-0.1, -0.05) is 12.1 Å². The number of hydrogen-bond acceptors (Lipinski definition) is 6. The summed E-state index contributed by atoms with van der Waals surface area (Å²) in [6, 6.07) is 22.8. The van der Waals surface area contributed by atoms with Crippen LogP contribution in [0.25, 0.3) is 0 Å². The van der Waals surface area contributed by atoms with Gasteiger partial charge in [-0.3, -0.25) is 9.79 Å². The molecule has 2 aliphatic rings. The van der Waals surface area contributed by atoms with Gasteiger partial charge in [0.15, 0.2) is 0 Å². The average Bonchev–Trinajstić information content (AvgIpc) is 2.92. The number of piperazine rings is 1. The third-order valence-electron chi connectivity index (χ3n) is 6.26. The van der Waals surface area contributed by atoms with Crippen molar-refractivity contribution in [3.8, 4) is 0 Å². The molecule has 0 saturated carbocycles. The zero-order valence-electron chi connectivity index (χ0n) is 19.2. The third-order valence-corrected chi connectivity index (χ3v) is 7.89. The van der Waals surface area contributed by atoms with Gasteiger partial charge in [-0.05, 0) is 91.2 Å². The van der Waals surface area contributed by atoms with Crippen molar-refractivity contribution in [3.63, 3.8) is 0 Å². The lowest BCUT2D eigenvalue weighted by atomic mass is 10.1. The Balaban J connectivity index is 1.16. The maximum atomic E-state index is 13.0. The van der Waals surface area contributed by atoms with Crippen molar-refractivity contribution in [3.05, 3.63) is 77.9 Å². The van der Waals surface area contributed by atoms with Gasteiger partial charge in [-0.2, -0.15) is 0 Å². The molecule has 0 unspecified atom stereocenters. The standard InChI is InChI=1S/C27H28N4OS2/c1-33-24-13-11-23(12-14-24)30-16-18-31(19-17-30)27(32)21-7-9-22(10-8-21)29-34-25-6-2-4-20-5-3-15-28-26(20)25/h2,4,6-15,29H,3,5,16-19H2,1H3. The molecule has 2 aliphatic heterocycles. The van der Waals surface area contributed by atoms with E-state index in [9.17, 15) is 4.79 Å². The summed E-state index contributed by atoms with van der Waals surface area (Å²) < 4.78 is 3.40. The summed E-state index contributed by atoms with van der Waals surface area (Å²) in [7, 11) is 0. The number of nitrogens with one attached hydrogen (secondary N) is 1. The molecule has 0 bridgehead atoms. The molecule has 1 N–H and O–H groups in total. The number of fused-ring (bicyclic) bond motifs is 1. The number of anilines is 2. The van der Waals surface area contributed by atoms with Gasteiger partial charge in [0.2, 0.25) is 0 Å². The Morgan fingerprint density at radius 1 is 0.941 bits per heavy atom. The summed E-state index contributed by atoms with van der Waals surface area (Å²) >= 11 is 3.32. The first-order valence-corrected chi connectivity index (χ1v) is 13.6. The number of benzene rings is 3. The van der Waals surface area contributed by atoms with E-state index in [1.54, 1.807) is 23.7 Å². The summed E-state index contributed by atoms with van der Waals surface area (Å²) in [4.78, 5) is 24.3. The molecule has 1 saturated heterocycles. The van der Waals surface area contributed by atoms with E-state index in [-0.39, 0.29) is 5.91 Å². The molecule has 0 radical (unpaired) electrons. The lowest BCUT2D eigenvalue weighted by Crippen LogP contribution is -2.48. The lowest BCUT2D eigenvalue weighted by molar-refractivity contribution is 0.0747. The van der Waals surface area contributed by atoms with Gasteiger partial charge in [0.05, 0.1) is 10.6 Å². The summed E-state index contributed by atoms with van der Waals surface area (Å²) in [5.41, 5.74) is 5.29. The molecular formula is C27H28N4OS2. The van der Waals surface area contributed by atoms with Gasteiger partial charge in [0.25, 0.3) is 5.91 Å². The highest BCUT2D eigenvalue weighted by molar-refractivity contribution is 8.00. The fraction of sp³-hybridized carbons (Fsp3) is 0.259. The van der Waals surface area contributed by atoms with E-state index in [1.807, 2.05) is 35.4 Å². The fourth-order valence-electron chi connectivity index (χ4n) is 4.31. The third kappa shape index (κ3) is 5.10. The Bertz CT molecular complexity index is 1170. The molecule has 34 heavy (non-hydrogen) atoms. The quantitative estimate of drug-likeness (QED) is 0.334. The van der Waals surface area contributed by atoms with E-state index in [1.165, 1.54) is 16.1 Å². The lowest BCUT2D eigenvalue weighted by Gasteiger charge is -2.36. The number of carbonyl (C=O) groups excluding carboxylic acids is 1. The van der Waals surface area contributed by atoms with E-state index in [4.69, 9.17) is 0 Å². The highest BCUT2D eigenvalue weighted by atomic mass is 32.2. The highest BCUT2D eigenvalue weighted by Crippen LogP contribution is 2.35. The fourth-order valence-corrected chi connectivity index (χ4v) is 5.51. The van der Waals surface area contributed by atoms with Crippen molar-refractivity contribution in [1.82, 2.24) is 4.90 Å². The number of amides is 1. The van der Waals surface area contributed by atoms with Crippen LogP contribution >= 0.6 is 23.7 Å². The second-order valence-corrected chi connectivity index (χ2v) is 10.1. The molecule has 0 atom stereocenters. The van der Waals surface area contributed by atoms with E-state index >= 15 is 0 Å². The zero-order chi connectivity index (χ0) is 23.3. The molecule has 1 amide bonds. The van der Waals surface area contributed by atoms with Crippen LogP contribution in [0, 0.1) is 0 Å². The van der Waals surface area contributed by atoms with E-state index in [0.717, 1.165) is 60.9 Å². The molecule has 0 aliphatic carbocycles. The second kappa shape index (κ2) is 10.6. The Hall–Kier alpha value is -2.90. The van der Waals surface area contributed by atoms with Crippen molar-refractivity contribution in [2.45, 2.75) is 22.6 Å². The smallest absolute Gasteiger partial charge is 0.253 e. The molecular weight excluding hydrogens is 460 g/mol. The van der Waals surface area contributed by atoms with Gasteiger partial charge < -0.3 is 14.5 Å². The summed E-state index contributed by atoms with van der Waals surface area (Å²) in [6.45, 7) is 3.17. The van der Waals surface area contributed by atoms with Gasteiger partial charge >= 0.3 is 0 Å². The molecule has 5 rings (SSSR count). The van der Waals surface area contributed by atoms with Crippen LogP contribution < -0.4 is 9.62 Å². The number of rotatable bonds is 6. The molecule has 3 aromatic carbocycles. The molecule has 5 nitrogen and oxygen atoms in total. The second-order valence-electron chi connectivity index (χ2n) is 8.37. The maximum absolute atomic E-state index is 13.0. The first-order chi connectivity index (χ1) is 16.7. The molecule has 3 aromatic rings. The van der Waals surface area contributed by atoms with Gasteiger partial charge in [-0.15, -0.1) is 11.8 Å². The van der Waals surface area contributed by atoms with Crippen LogP contribution in [0.5, 0.6) is 0 Å². The van der Waals surface area contributed by atoms with Crippen molar-refractivity contribution in [1.29, 1.82) is 0 Å². The Labute approximate surface area is 209 Å². The van der Waals surface area contributed by atoms with Crippen molar-refractivity contribution in [2.24, 2.45) is 4.99 Å². The number of nitrogens with zero attached hydrogens (tertiary/aromatic N) is 3. The van der Waals surface area contributed by atoms with E-state index < -0.39 is 0 Å². The molecule has 2 heterocycles. The highest BCUT2D eigenvalue weighted by Gasteiger charge is 2.22. The predicted molar refractivity (Wildman–Crippen MR) is 145 cm³/mol. The van der Waals surface area contributed by atoms with Crippen LogP contribution in [-0.2, 0) is 6.42 Å². The summed E-state index contributed by atoms with van der Waals surface area (Å²) in [5, 5.41) is 0. The number of aryl methyl sites for hydroxylation is 1. The Morgan fingerprint density at radius 2 is 1.71 bits per heavy atom. The first kappa shape index (κ1) is 22.9.